The second-order valence-corrected chi connectivity index (χ2v) is 6.46. The Kier molecular flexibility index (Phi) is 5.93. The molecule has 1 aliphatic rings. The second kappa shape index (κ2) is 8.55. The fourth-order valence-electron chi connectivity index (χ4n) is 2.94. The average Bonchev–Trinajstić information content (AvgIpc) is 2.68. The van der Waals surface area contributed by atoms with E-state index in [1.807, 2.05) is 68.6 Å². The molecule has 1 atom stereocenters. The first-order chi connectivity index (χ1) is 12.6. The van der Waals surface area contributed by atoms with Gasteiger partial charge >= 0.3 is 0 Å². The molecule has 2 aromatic carbocycles. The van der Waals surface area contributed by atoms with Crippen molar-refractivity contribution in [1.29, 1.82) is 0 Å². The minimum atomic E-state index is -0.0759. The Balaban J connectivity index is 1.49. The summed E-state index contributed by atoms with van der Waals surface area (Å²) in [4.78, 5) is 16.0. The van der Waals surface area contributed by atoms with Gasteiger partial charge in [-0.3, -0.25) is 9.69 Å². The van der Waals surface area contributed by atoms with E-state index in [4.69, 9.17) is 4.74 Å². The number of hydrogen-bond donors (Lipinski definition) is 0. The van der Waals surface area contributed by atoms with Crippen LogP contribution >= 0.6 is 0 Å². The Bertz CT molecular complexity index is 790. The molecule has 0 bridgehead atoms. The van der Waals surface area contributed by atoms with Crippen molar-refractivity contribution >= 4 is 5.91 Å². The predicted molar refractivity (Wildman–Crippen MR) is 103 cm³/mol. The summed E-state index contributed by atoms with van der Waals surface area (Å²) in [6.07, 6.45) is 0. The van der Waals surface area contributed by atoms with Crippen LogP contribution in [0.2, 0.25) is 0 Å². The molecule has 3 rings (SSSR count). The van der Waals surface area contributed by atoms with Crippen LogP contribution in [0.1, 0.15) is 18.1 Å². The molecule has 0 spiro atoms. The smallest absolute Gasteiger partial charge is 0.239 e. The summed E-state index contributed by atoms with van der Waals surface area (Å²) in [6.45, 7) is 4.93. The topological polar surface area (TPSA) is 32.8 Å². The Labute approximate surface area is 155 Å². The Morgan fingerprint density at radius 2 is 1.65 bits per heavy atom. The van der Waals surface area contributed by atoms with Gasteiger partial charge in [-0.05, 0) is 43.3 Å². The molecule has 4 nitrogen and oxygen atoms in total. The summed E-state index contributed by atoms with van der Waals surface area (Å²) in [5.41, 5.74) is 1.96. The van der Waals surface area contributed by atoms with Crippen LogP contribution in [0.3, 0.4) is 0 Å². The molecule has 134 valence electrons. The van der Waals surface area contributed by atoms with Gasteiger partial charge in [-0.15, -0.1) is 0 Å². The highest BCUT2D eigenvalue weighted by Gasteiger charge is 2.28. The maximum Gasteiger partial charge on any atom is 0.239 e. The lowest BCUT2D eigenvalue weighted by Crippen LogP contribution is -2.55. The molecule has 1 saturated heterocycles. The van der Waals surface area contributed by atoms with Gasteiger partial charge in [0.1, 0.15) is 12.4 Å². The highest BCUT2D eigenvalue weighted by atomic mass is 16.5. The highest BCUT2D eigenvalue weighted by molar-refractivity contribution is 5.81. The predicted octanol–water partition coefficient (Wildman–Crippen LogP) is 2.63. The number of carbonyl (C=O) groups excluding carboxylic acids is 1. The maximum absolute atomic E-state index is 12.0. The normalized spacial score (nSPS) is 17.5. The van der Waals surface area contributed by atoms with Crippen LogP contribution in [0.5, 0.6) is 5.75 Å². The number of likely N-dealkylation sites (N-methyl/N-ethyl adjacent to an activating group) is 1. The first-order valence-electron chi connectivity index (χ1n) is 8.92. The van der Waals surface area contributed by atoms with E-state index in [0.29, 0.717) is 6.61 Å². The lowest BCUT2D eigenvalue weighted by Gasteiger charge is -2.37. The number of ether oxygens (including phenoxy) is 1. The van der Waals surface area contributed by atoms with Gasteiger partial charge in [0.2, 0.25) is 5.91 Å². The summed E-state index contributed by atoms with van der Waals surface area (Å²) < 4.78 is 5.82. The van der Waals surface area contributed by atoms with Crippen LogP contribution in [0, 0.1) is 11.8 Å². The first kappa shape index (κ1) is 18.0. The van der Waals surface area contributed by atoms with Crippen molar-refractivity contribution in [2.45, 2.75) is 13.0 Å². The van der Waals surface area contributed by atoms with Crippen LogP contribution in [-0.4, -0.2) is 55.0 Å². The van der Waals surface area contributed by atoms with Crippen LogP contribution in [0.15, 0.2) is 54.6 Å². The largest absolute Gasteiger partial charge is 0.492 e. The molecular weight excluding hydrogens is 324 g/mol. The van der Waals surface area contributed by atoms with Gasteiger partial charge in [-0.2, -0.15) is 0 Å². The third-order valence-electron chi connectivity index (χ3n) is 4.63. The second-order valence-electron chi connectivity index (χ2n) is 6.46. The monoisotopic (exact) mass is 348 g/mol. The quantitative estimate of drug-likeness (QED) is 0.797. The lowest BCUT2D eigenvalue weighted by atomic mass is 10.2. The standard InChI is InChI=1S/C22H24N2O2/c1-18-22(25)23(2)14-15-24(18)16-17-26-21-12-10-20(11-13-21)9-8-19-6-4-3-5-7-19/h3-7,10-13,18H,14-17H2,1-2H3. The van der Waals surface area contributed by atoms with Gasteiger partial charge < -0.3 is 9.64 Å². The van der Waals surface area contributed by atoms with Crippen molar-refractivity contribution in [2.75, 3.05) is 33.3 Å². The molecule has 1 unspecified atom stereocenters. The van der Waals surface area contributed by atoms with Gasteiger partial charge in [0, 0.05) is 37.8 Å². The van der Waals surface area contributed by atoms with Gasteiger partial charge in [-0.1, -0.05) is 30.0 Å². The van der Waals surface area contributed by atoms with Crippen LogP contribution in [-0.2, 0) is 4.79 Å². The molecular formula is C22H24N2O2. The Morgan fingerprint density at radius 3 is 2.35 bits per heavy atom. The summed E-state index contributed by atoms with van der Waals surface area (Å²) >= 11 is 0. The number of hydrogen-bond acceptors (Lipinski definition) is 3. The van der Waals surface area contributed by atoms with E-state index in [2.05, 4.69) is 16.7 Å². The number of rotatable bonds is 4. The van der Waals surface area contributed by atoms with E-state index in [-0.39, 0.29) is 11.9 Å². The SMILES string of the molecule is CC1C(=O)N(C)CCN1CCOc1ccc(C#Cc2ccccc2)cc1. The van der Waals surface area contributed by atoms with Crippen LogP contribution in [0.4, 0.5) is 0 Å². The third kappa shape index (κ3) is 4.65. The number of nitrogens with zero attached hydrogens (tertiary/aromatic N) is 2. The van der Waals surface area contributed by atoms with Crippen molar-refractivity contribution < 1.29 is 9.53 Å². The van der Waals surface area contributed by atoms with Crippen molar-refractivity contribution in [1.82, 2.24) is 9.80 Å². The van der Waals surface area contributed by atoms with Gasteiger partial charge in [0.25, 0.3) is 0 Å². The fourth-order valence-corrected chi connectivity index (χ4v) is 2.94. The van der Waals surface area contributed by atoms with Gasteiger partial charge in [0.05, 0.1) is 6.04 Å². The number of piperazine rings is 1. The third-order valence-corrected chi connectivity index (χ3v) is 4.63. The molecule has 0 aromatic heterocycles. The molecule has 2 aromatic rings. The van der Waals surface area contributed by atoms with Crippen LogP contribution < -0.4 is 4.74 Å². The van der Waals surface area contributed by atoms with Gasteiger partial charge in [-0.25, -0.2) is 0 Å². The zero-order valence-corrected chi connectivity index (χ0v) is 15.3. The number of amides is 1. The number of carbonyl (C=O) groups is 1. The molecule has 0 saturated carbocycles. The van der Waals surface area contributed by atoms with Gasteiger partial charge in [0.15, 0.2) is 0 Å². The van der Waals surface area contributed by atoms with Crippen molar-refractivity contribution in [3.05, 3.63) is 65.7 Å². The molecule has 4 heteroatoms. The molecule has 26 heavy (non-hydrogen) atoms. The summed E-state index contributed by atoms with van der Waals surface area (Å²) in [7, 11) is 1.86. The Hall–Kier alpha value is -2.77. The van der Waals surface area contributed by atoms with Crippen molar-refractivity contribution in [3.8, 4) is 17.6 Å². The maximum atomic E-state index is 12.0. The Morgan fingerprint density at radius 1 is 1.00 bits per heavy atom. The molecule has 0 aliphatic carbocycles. The molecule has 0 N–H and O–H groups in total. The number of benzene rings is 2. The van der Waals surface area contributed by atoms with E-state index in [0.717, 1.165) is 36.5 Å². The molecule has 0 radical (unpaired) electrons. The van der Waals surface area contributed by atoms with Crippen molar-refractivity contribution in [2.24, 2.45) is 0 Å². The fraction of sp³-hybridized carbons (Fsp3) is 0.318. The van der Waals surface area contributed by atoms with E-state index in [1.54, 1.807) is 4.90 Å². The van der Waals surface area contributed by atoms with E-state index >= 15 is 0 Å². The minimum Gasteiger partial charge on any atom is -0.492 e. The average molecular weight is 348 g/mol. The zero-order chi connectivity index (χ0) is 18.4. The van der Waals surface area contributed by atoms with E-state index in [9.17, 15) is 4.79 Å². The minimum absolute atomic E-state index is 0.0759. The molecule has 1 heterocycles. The summed E-state index contributed by atoms with van der Waals surface area (Å²) in [6, 6.07) is 17.7. The molecule has 1 amide bonds. The van der Waals surface area contributed by atoms with E-state index in [1.165, 1.54) is 0 Å². The first-order valence-corrected chi connectivity index (χ1v) is 8.92. The van der Waals surface area contributed by atoms with Crippen LogP contribution in [0.25, 0.3) is 0 Å². The van der Waals surface area contributed by atoms with E-state index < -0.39 is 0 Å². The summed E-state index contributed by atoms with van der Waals surface area (Å²) in [5, 5.41) is 0. The molecule has 1 fully saturated rings. The molecule has 1 aliphatic heterocycles. The highest BCUT2D eigenvalue weighted by Crippen LogP contribution is 2.13. The lowest BCUT2D eigenvalue weighted by molar-refractivity contribution is -0.139. The van der Waals surface area contributed by atoms with Crippen molar-refractivity contribution in [3.63, 3.8) is 0 Å². The summed E-state index contributed by atoms with van der Waals surface area (Å²) in [5.74, 6) is 7.30. The zero-order valence-electron chi connectivity index (χ0n) is 15.3.